The van der Waals surface area contributed by atoms with E-state index in [1.54, 1.807) is 31.5 Å². The molecule has 1 aliphatic heterocycles. The second kappa shape index (κ2) is 9.62. The van der Waals surface area contributed by atoms with Crippen LogP contribution >= 0.6 is 22.9 Å². The molecule has 38 heavy (non-hydrogen) atoms. The van der Waals surface area contributed by atoms with Crippen molar-refractivity contribution < 1.29 is 23.7 Å². The molecule has 0 saturated carbocycles. The molecule has 2 aromatic heterocycles. The first kappa shape index (κ1) is 24.2. The molecular weight excluding hydrogens is 528 g/mol. The Morgan fingerprint density at radius 3 is 2.76 bits per heavy atom. The lowest BCUT2D eigenvalue weighted by molar-refractivity contribution is 0.0931. The zero-order valence-corrected chi connectivity index (χ0v) is 21.9. The number of halogens is 1. The molecule has 3 aromatic carbocycles. The normalized spacial score (nSPS) is 14.6. The number of primary amides is 1. The van der Waals surface area contributed by atoms with Crippen molar-refractivity contribution in [1.29, 1.82) is 0 Å². The van der Waals surface area contributed by atoms with Gasteiger partial charge in [0.05, 0.1) is 29.4 Å². The SMILES string of the molecule is COc1cnc2c(-c3nc4c(Cl)cc5c(c4s3)OC[C@@H](Cc3ccc(OC(N)=O)cc3)O5)cc(C)cc2n1. The average molecular weight is 549 g/mol. The Labute approximate surface area is 226 Å². The van der Waals surface area contributed by atoms with Crippen LogP contribution in [-0.4, -0.2) is 40.9 Å². The van der Waals surface area contributed by atoms with Gasteiger partial charge in [0, 0.05) is 18.1 Å². The topological polar surface area (TPSA) is 119 Å². The lowest BCUT2D eigenvalue weighted by Gasteiger charge is -2.27. The molecule has 6 rings (SSSR count). The van der Waals surface area contributed by atoms with Gasteiger partial charge < -0.3 is 24.7 Å². The molecule has 1 atom stereocenters. The maximum absolute atomic E-state index is 10.9. The number of amides is 1. The van der Waals surface area contributed by atoms with Gasteiger partial charge in [-0.15, -0.1) is 11.3 Å². The minimum atomic E-state index is -0.850. The van der Waals surface area contributed by atoms with Crippen molar-refractivity contribution in [1.82, 2.24) is 15.0 Å². The first-order valence-corrected chi connectivity index (χ1v) is 12.9. The number of benzene rings is 3. The number of thiazole rings is 1. The summed E-state index contributed by atoms with van der Waals surface area (Å²) in [5, 5.41) is 1.23. The first-order chi connectivity index (χ1) is 18.4. The van der Waals surface area contributed by atoms with E-state index in [-0.39, 0.29) is 6.10 Å². The number of carbonyl (C=O) groups is 1. The molecule has 0 saturated heterocycles. The Morgan fingerprint density at radius 1 is 1.18 bits per heavy atom. The Morgan fingerprint density at radius 2 is 2.00 bits per heavy atom. The van der Waals surface area contributed by atoms with Crippen molar-refractivity contribution >= 4 is 50.3 Å². The molecule has 192 valence electrons. The van der Waals surface area contributed by atoms with E-state index < -0.39 is 6.09 Å². The quantitative estimate of drug-likeness (QED) is 0.296. The summed E-state index contributed by atoms with van der Waals surface area (Å²) in [5.74, 6) is 2.03. The number of rotatable bonds is 5. The number of ether oxygens (including phenoxy) is 4. The highest BCUT2D eigenvalue weighted by atomic mass is 35.5. The molecule has 0 radical (unpaired) electrons. The van der Waals surface area contributed by atoms with Crippen LogP contribution in [0.25, 0.3) is 31.8 Å². The highest BCUT2D eigenvalue weighted by Crippen LogP contribution is 2.47. The molecule has 9 nitrogen and oxygen atoms in total. The van der Waals surface area contributed by atoms with Crippen LogP contribution in [0.5, 0.6) is 23.1 Å². The Hall–Kier alpha value is -4.15. The first-order valence-electron chi connectivity index (χ1n) is 11.7. The summed E-state index contributed by atoms with van der Waals surface area (Å²) < 4.78 is 23.4. The molecular formula is C27H21ClN4O5S. The number of hydrogen-bond acceptors (Lipinski definition) is 9. The third-order valence-corrected chi connectivity index (χ3v) is 7.44. The number of fused-ring (bicyclic) bond motifs is 4. The minimum Gasteiger partial charge on any atom is -0.484 e. The number of nitrogens with zero attached hydrogens (tertiary/aromatic N) is 3. The molecule has 0 spiro atoms. The summed E-state index contributed by atoms with van der Waals surface area (Å²) in [6, 6.07) is 12.8. The van der Waals surface area contributed by atoms with Crippen LogP contribution < -0.4 is 24.7 Å². The number of aryl methyl sites for hydroxylation is 1. The largest absolute Gasteiger partial charge is 0.484 e. The standard InChI is InChI=1S/C27H21ClN4O5S/c1-13-7-17(22-19(8-13)31-21(34-2)11-30-22)26-32-23-18(28)10-20-24(25(23)38-26)35-12-16(36-20)9-14-3-5-15(6-4-14)37-27(29)33/h3-8,10-11,16H,9,12H2,1-2H3,(H2,29,33)/t16-/m1/s1. The van der Waals surface area contributed by atoms with Crippen molar-refractivity contribution in [2.75, 3.05) is 13.7 Å². The zero-order chi connectivity index (χ0) is 26.4. The van der Waals surface area contributed by atoms with Crippen molar-refractivity contribution in [3.05, 3.63) is 64.8 Å². The fourth-order valence-corrected chi connectivity index (χ4v) is 5.80. The van der Waals surface area contributed by atoms with Gasteiger partial charge in [-0.25, -0.2) is 19.7 Å². The monoisotopic (exact) mass is 548 g/mol. The van der Waals surface area contributed by atoms with Gasteiger partial charge in [0.2, 0.25) is 5.88 Å². The second-order valence-corrected chi connectivity index (χ2v) is 10.2. The maximum atomic E-state index is 10.9. The van der Waals surface area contributed by atoms with Crippen LogP contribution in [0.1, 0.15) is 11.1 Å². The summed E-state index contributed by atoms with van der Waals surface area (Å²) in [5.41, 5.74) is 10.0. The van der Waals surface area contributed by atoms with E-state index in [0.717, 1.165) is 37.4 Å². The van der Waals surface area contributed by atoms with Gasteiger partial charge in [-0.3, -0.25) is 0 Å². The lowest BCUT2D eigenvalue weighted by Crippen LogP contribution is -2.31. The van der Waals surface area contributed by atoms with Gasteiger partial charge in [0.15, 0.2) is 11.5 Å². The van der Waals surface area contributed by atoms with Crippen molar-refractivity contribution in [2.24, 2.45) is 5.73 Å². The van der Waals surface area contributed by atoms with Gasteiger partial charge in [0.25, 0.3) is 0 Å². The van der Waals surface area contributed by atoms with E-state index in [4.69, 9.17) is 41.3 Å². The fraction of sp³-hybridized carbons (Fsp3) is 0.185. The number of methoxy groups -OCH3 is 1. The van der Waals surface area contributed by atoms with Crippen molar-refractivity contribution in [3.8, 4) is 33.7 Å². The summed E-state index contributed by atoms with van der Waals surface area (Å²) in [6.45, 7) is 2.36. The number of carbonyl (C=O) groups excluding carboxylic acids is 1. The molecule has 1 aliphatic rings. The third kappa shape index (κ3) is 4.52. The highest BCUT2D eigenvalue weighted by molar-refractivity contribution is 7.22. The average Bonchev–Trinajstić information content (AvgIpc) is 3.35. The molecule has 2 N–H and O–H groups in total. The van der Waals surface area contributed by atoms with Gasteiger partial charge in [-0.05, 0) is 42.3 Å². The Kier molecular flexibility index (Phi) is 6.13. The second-order valence-electron chi connectivity index (χ2n) is 8.80. The smallest absolute Gasteiger partial charge is 0.409 e. The number of hydrogen-bond donors (Lipinski definition) is 1. The van der Waals surface area contributed by atoms with E-state index in [9.17, 15) is 4.79 Å². The molecule has 0 bridgehead atoms. The molecule has 3 heterocycles. The predicted octanol–water partition coefficient (Wildman–Crippen LogP) is 5.72. The van der Waals surface area contributed by atoms with Crippen LogP contribution in [-0.2, 0) is 6.42 Å². The Balaban J connectivity index is 1.31. The van der Waals surface area contributed by atoms with E-state index in [2.05, 4.69) is 9.97 Å². The molecule has 5 aromatic rings. The van der Waals surface area contributed by atoms with Crippen molar-refractivity contribution in [2.45, 2.75) is 19.4 Å². The molecule has 1 amide bonds. The molecule has 0 unspecified atom stereocenters. The van der Waals surface area contributed by atoms with Crippen LogP contribution in [0.15, 0.2) is 48.7 Å². The predicted molar refractivity (Wildman–Crippen MR) is 145 cm³/mol. The van der Waals surface area contributed by atoms with Crippen LogP contribution in [0.3, 0.4) is 0 Å². The van der Waals surface area contributed by atoms with Gasteiger partial charge in [-0.1, -0.05) is 23.7 Å². The highest BCUT2D eigenvalue weighted by Gasteiger charge is 2.27. The van der Waals surface area contributed by atoms with E-state index >= 15 is 0 Å². The van der Waals surface area contributed by atoms with E-state index in [1.165, 1.54) is 11.3 Å². The summed E-state index contributed by atoms with van der Waals surface area (Å²) >= 11 is 8.14. The minimum absolute atomic E-state index is 0.225. The lowest BCUT2D eigenvalue weighted by atomic mass is 10.1. The van der Waals surface area contributed by atoms with Crippen molar-refractivity contribution in [3.63, 3.8) is 0 Å². The molecule has 0 aliphatic carbocycles. The summed E-state index contributed by atoms with van der Waals surface area (Å²) in [4.78, 5) is 24.9. The number of aromatic nitrogens is 3. The van der Waals surface area contributed by atoms with Crippen LogP contribution in [0.4, 0.5) is 4.79 Å². The zero-order valence-electron chi connectivity index (χ0n) is 20.4. The van der Waals surface area contributed by atoms with Gasteiger partial charge >= 0.3 is 6.09 Å². The van der Waals surface area contributed by atoms with Gasteiger partial charge in [0.1, 0.15) is 33.7 Å². The third-order valence-electron chi connectivity index (χ3n) is 6.06. The van der Waals surface area contributed by atoms with E-state index in [1.807, 2.05) is 31.2 Å². The van der Waals surface area contributed by atoms with Crippen LogP contribution in [0, 0.1) is 6.92 Å². The Bertz CT molecular complexity index is 1710. The van der Waals surface area contributed by atoms with Gasteiger partial charge in [-0.2, -0.15) is 0 Å². The molecule has 0 fully saturated rings. The summed E-state index contributed by atoms with van der Waals surface area (Å²) in [7, 11) is 1.56. The van der Waals surface area contributed by atoms with Crippen LogP contribution in [0.2, 0.25) is 5.02 Å². The summed E-state index contributed by atoms with van der Waals surface area (Å²) in [6.07, 6.45) is 1.12. The van der Waals surface area contributed by atoms with E-state index in [0.29, 0.717) is 46.7 Å². The maximum Gasteiger partial charge on any atom is 0.409 e. The molecule has 11 heteroatoms. The number of nitrogens with two attached hydrogens (primary N) is 1. The fourth-order valence-electron chi connectivity index (χ4n) is 4.41.